The van der Waals surface area contributed by atoms with E-state index < -0.39 is 11.7 Å². The summed E-state index contributed by atoms with van der Waals surface area (Å²) < 4.78 is 42.5. The number of nitriles is 1. The Bertz CT molecular complexity index is 407. The Kier molecular flexibility index (Phi) is 3.78. The van der Waals surface area contributed by atoms with Crippen LogP contribution in [0.3, 0.4) is 0 Å². The van der Waals surface area contributed by atoms with Crippen LogP contribution in [0.5, 0.6) is 5.75 Å². The van der Waals surface area contributed by atoms with E-state index in [-0.39, 0.29) is 18.6 Å². The van der Waals surface area contributed by atoms with Crippen LogP contribution in [0.15, 0.2) is 18.2 Å². The quantitative estimate of drug-likeness (QED) is 0.797. The molecule has 0 spiro atoms. The normalized spacial score (nSPS) is 10.9. The molecule has 0 N–H and O–H groups in total. The van der Waals surface area contributed by atoms with Gasteiger partial charge in [0.15, 0.2) is 0 Å². The monoisotopic (exact) mass is 229 g/mol. The minimum atomic E-state index is -4.44. The van der Waals surface area contributed by atoms with Crippen molar-refractivity contribution >= 4 is 0 Å². The summed E-state index contributed by atoms with van der Waals surface area (Å²) in [6.45, 7) is 0. The third-order valence-electron chi connectivity index (χ3n) is 2.11. The lowest BCUT2D eigenvalue weighted by atomic mass is 10.0. The fraction of sp³-hybridized carbons (Fsp3) is 0.364. The molecule has 0 unspecified atom stereocenters. The number of hydrogen-bond acceptors (Lipinski definition) is 2. The van der Waals surface area contributed by atoms with Crippen molar-refractivity contribution in [1.29, 1.82) is 5.26 Å². The van der Waals surface area contributed by atoms with Crippen molar-refractivity contribution in [3.8, 4) is 11.8 Å². The van der Waals surface area contributed by atoms with Crippen LogP contribution in [-0.2, 0) is 12.6 Å². The Hall–Kier alpha value is -1.70. The van der Waals surface area contributed by atoms with Crippen molar-refractivity contribution in [2.45, 2.75) is 19.0 Å². The van der Waals surface area contributed by atoms with Gasteiger partial charge in [-0.2, -0.15) is 18.4 Å². The molecule has 0 heterocycles. The Morgan fingerprint density at radius 2 is 2.06 bits per heavy atom. The smallest absolute Gasteiger partial charge is 0.419 e. The molecule has 0 aliphatic carbocycles. The van der Waals surface area contributed by atoms with E-state index in [1.807, 2.05) is 6.07 Å². The minimum absolute atomic E-state index is 0.164. The van der Waals surface area contributed by atoms with Crippen molar-refractivity contribution in [3.05, 3.63) is 29.3 Å². The maximum atomic E-state index is 12.6. The summed E-state index contributed by atoms with van der Waals surface area (Å²) in [5.74, 6) is -0.190. The molecule has 86 valence electrons. The molecule has 0 aliphatic heterocycles. The third-order valence-corrected chi connectivity index (χ3v) is 2.11. The second kappa shape index (κ2) is 4.88. The lowest BCUT2D eigenvalue weighted by Crippen LogP contribution is -2.09. The second-order valence-corrected chi connectivity index (χ2v) is 3.15. The first-order valence-electron chi connectivity index (χ1n) is 4.60. The Labute approximate surface area is 91.3 Å². The number of hydrogen-bond donors (Lipinski definition) is 0. The molecular formula is C11H10F3NO. The van der Waals surface area contributed by atoms with E-state index in [9.17, 15) is 13.2 Å². The topological polar surface area (TPSA) is 33.0 Å². The van der Waals surface area contributed by atoms with Crippen molar-refractivity contribution in [1.82, 2.24) is 0 Å². The summed E-state index contributed by atoms with van der Waals surface area (Å²) >= 11 is 0. The lowest BCUT2D eigenvalue weighted by molar-refractivity contribution is -0.138. The lowest BCUT2D eigenvalue weighted by Gasteiger charge is -2.14. The Balaban J connectivity index is 3.17. The number of methoxy groups -OCH3 is 1. The first-order valence-corrected chi connectivity index (χ1v) is 4.60. The van der Waals surface area contributed by atoms with Crippen LogP contribution >= 0.6 is 0 Å². The van der Waals surface area contributed by atoms with Crippen molar-refractivity contribution < 1.29 is 17.9 Å². The maximum absolute atomic E-state index is 12.6. The fourth-order valence-electron chi connectivity index (χ4n) is 1.44. The van der Waals surface area contributed by atoms with Crippen LogP contribution in [0, 0.1) is 11.3 Å². The van der Waals surface area contributed by atoms with Crippen LogP contribution < -0.4 is 4.74 Å². The molecule has 0 radical (unpaired) electrons. The van der Waals surface area contributed by atoms with Gasteiger partial charge in [0.05, 0.1) is 18.7 Å². The standard InChI is InChI=1S/C11H10F3NO/c1-16-10-8(5-3-7-15)4-2-6-9(10)11(12,13)14/h2,4,6H,3,5H2,1H3. The highest BCUT2D eigenvalue weighted by Crippen LogP contribution is 2.38. The summed E-state index contributed by atoms with van der Waals surface area (Å²) in [5, 5.41) is 8.41. The third kappa shape index (κ3) is 2.66. The van der Waals surface area contributed by atoms with E-state index in [2.05, 4.69) is 0 Å². The van der Waals surface area contributed by atoms with Crippen molar-refractivity contribution in [3.63, 3.8) is 0 Å². The molecule has 5 heteroatoms. The first-order chi connectivity index (χ1) is 7.50. The van der Waals surface area contributed by atoms with Gasteiger partial charge in [-0.05, 0) is 18.1 Å². The molecule has 0 saturated heterocycles. The fourth-order valence-corrected chi connectivity index (χ4v) is 1.44. The molecule has 1 aromatic rings. The number of halogens is 3. The van der Waals surface area contributed by atoms with Gasteiger partial charge in [0.2, 0.25) is 0 Å². The summed E-state index contributed by atoms with van der Waals surface area (Å²) in [7, 11) is 1.19. The molecule has 0 aromatic heterocycles. The largest absolute Gasteiger partial charge is 0.496 e. The zero-order chi connectivity index (χ0) is 12.2. The predicted molar refractivity (Wildman–Crippen MR) is 51.9 cm³/mol. The van der Waals surface area contributed by atoms with Gasteiger partial charge in [-0.3, -0.25) is 0 Å². The van der Waals surface area contributed by atoms with Gasteiger partial charge in [-0.1, -0.05) is 12.1 Å². The van der Waals surface area contributed by atoms with E-state index in [1.54, 1.807) is 0 Å². The number of rotatable bonds is 3. The highest BCUT2D eigenvalue weighted by Gasteiger charge is 2.34. The van der Waals surface area contributed by atoms with Crippen LogP contribution in [0.4, 0.5) is 13.2 Å². The van der Waals surface area contributed by atoms with Crippen LogP contribution in [-0.4, -0.2) is 7.11 Å². The van der Waals surface area contributed by atoms with Gasteiger partial charge >= 0.3 is 6.18 Å². The summed E-state index contributed by atoms with van der Waals surface area (Å²) in [6.07, 6.45) is -4.02. The van der Waals surface area contributed by atoms with E-state index in [4.69, 9.17) is 10.00 Å². The molecule has 1 aromatic carbocycles. The van der Waals surface area contributed by atoms with Crippen molar-refractivity contribution in [2.24, 2.45) is 0 Å². The second-order valence-electron chi connectivity index (χ2n) is 3.15. The Morgan fingerprint density at radius 1 is 1.38 bits per heavy atom. The van der Waals surface area contributed by atoms with E-state index in [1.165, 1.54) is 19.2 Å². The summed E-state index contributed by atoms with van der Waals surface area (Å²) in [6, 6.07) is 5.71. The summed E-state index contributed by atoms with van der Waals surface area (Å²) in [5.41, 5.74) is -0.399. The van der Waals surface area contributed by atoms with Gasteiger partial charge in [-0.25, -0.2) is 0 Å². The molecule has 2 nitrogen and oxygen atoms in total. The average molecular weight is 229 g/mol. The first kappa shape index (κ1) is 12.4. The average Bonchev–Trinajstić information content (AvgIpc) is 2.24. The van der Waals surface area contributed by atoms with E-state index in [0.29, 0.717) is 5.56 Å². The SMILES string of the molecule is COc1c(CCC#N)cccc1C(F)(F)F. The molecule has 0 atom stereocenters. The van der Waals surface area contributed by atoms with Gasteiger partial charge in [0.25, 0.3) is 0 Å². The van der Waals surface area contributed by atoms with Gasteiger partial charge in [0.1, 0.15) is 5.75 Å². The molecule has 0 bridgehead atoms. The zero-order valence-corrected chi connectivity index (χ0v) is 8.64. The van der Waals surface area contributed by atoms with Crippen LogP contribution in [0.25, 0.3) is 0 Å². The van der Waals surface area contributed by atoms with E-state index >= 15 is 0 Å². The summed E-state index contributed by atoms with van der Waals surface area (Å²) in [4.78, 5) is 0. The van der Waals surface area contributed by atoms with Gasteiger partial charge in [-0.15, -0.1) is 0 Å². The Morgan fingerprint density at radius 3 is 2.56 bits per heavy atom. The molecule has 0 aliphatic rings. The zero-order valence-electron chi connectivity index (χ0n) is 8.64. The molecule has 0 fully saturated rings. The number of nitrogens with zero attached hydrogens (tertiary/aromatic N) is 1. The van der Waals surface area contributed by atoms with Crippen LogP contribution in [0.2, 0.25) is 0 Å². The number of benzene rings is 1. The molecule has 0 saturated carbocycles. The highest BCUT2D eigenvalue weighted by atomic mass is 19.4. The molecule has 16 heavy (non-hydrogen) atoms. The molecular weight excluding hydrogens is 219 g/mol. The molecule has 1 rings (SSSR count). The predicted octanol–water partition coefficient (Wildman–Crippen LogP) is 3.17. The number of aryl methyl sites for hydroxylation is 1. The number of alkyl halides is 3. The maximum Gasteiger partial charge on any atom is 0.419 e. The number of para-hydroxylation sites is 1. The van der Waals surface area contributed by atoms with Gasteiger partial charge < -0.3 is 4.74 Å². The van der Waals surface area contributed by atoms with Gasteiger partial charge in [0, 0.05) is 6.42 Å². The van der Waals surface area contributed by atoms with Crippen LogP contribution in [0.1, 0.15) is 17.5 Å². The minimum Gasteiger partial charge on any atom is -0.496 e. The van der Waals surface area contributed by atoms with Crippen molar-refractivity contribution in [2.75, 3.05) is 7.11 Å². The molecule has 0 amide bonds. The highest BCUT2D eigenvalue weighted by molar-refractivity contribution is 5.43. The number of ether oxygens (including phenoxy) is 1. The van der Waals surface area contributed by atoms with E-state index in [0.717, 1.165) is 6.07 Å².